The first kappa shape index (κ1) is 19.9. The highest BCUT2D eigenvalue weighted by molar-refractivity contribution is 5.85. The number of carbonyl (C=O) groups excluding carboxylic acids is 2. The molecule has 5 nitrogen and oxygen atoms in total. The number of amides is 1. The highest BCUT2D eigenvalue weighted by atomic mass is 16.6. The van der Waals surface area contributed by atoms with Crippen LogP contribution in [0.15, 0.2) is 0 Å². The maximum Gasteiger partial charge on any atom is 0.407 e. The predicted octanol–water partition coefficient (Wildman–Crippen LogP) is 3.44. The van der Waals surface area contributed by atoms with Gasteiger partial charge in [0.15, 0.2) is 5.78 Å². The van der Waals surface area contributed by atoms with Gasteiger partial charge in [0.2, 0.25) is 0 Å². The summed E-state index contributed by atoms with van der Waals surface area (Å²) in [6.45, 7) is 8.89. The molecular weight excluding hydrogens is 294 g/mol. The maximum absolute atomic E-state index is 12.2. The summed E-state index contributed by atoms with van der Waals surface area (Å²) >= 11 is 0. The van der Waals surface area contributed by atoms with Crippen LogP contribution in [0, 0.1) is 11.8 Å². The van der Waals surface area contributed by atoms with Crippen molar-refractivity contribution in [1.82, 2.24) is 5.32 Å². The second kappa shape index (κ2) is 8.67. The van der Waals surface area contributed by atoms with Crippen LogP contribution in [0.1, 0.15) is 73.1 Å². The van der Waals surface area contributed by atoms with Gasteiger partial charge in [0, 0.05) is 5.92 Å². The number of aliphatic hydroxyl groups is 1. The molecule has 2 N–H and O–H groups in total. The highest BCUT2D eigenvalue weighted by Crippen LogP contribution is 2.28. The van der Waals surface area contributed by atoms with E-state index in [2.05, 4.69) is 5.32 Å². The number of alkyl carbamates (subject to hydrolysis) is 1. The van der Waals surface area contributed by atoms with Crippen molar-refractivity contribution >= 4 is 11.9 Å². The first-order valence-electron chi connectivity index (χ1n) is 8.81. The van der Waals surface area contributed by atoms with Gasteiger partial charge in [-0.3, -0.25) is 4.79 Å². The number of ether oxygens (including phenoxy) is 1. The number of hydrogen-bond acceptors (Lipinski definition) is 4. The molecule has 0 aromatic carbocycles. The Balaban J connectivity index is 2.74. The van der Waals surface area contributed by atoms with Crippen LogP contribution in [0.25, 0.3) is 0 Å². The molecule has 0 radical (unpaired) electrons. The largest absolute Gasteiger partial charge is 0.444 e. The van der Waals surface area contributed by atoms with Gasteiger partial charge in [0.05, 0.1) is 6.04 Å². The number of rotatable bonds is 6. The SMILES string of the molecule is CC(C)C(=O)[C@H](O)[C@H](CC1CCCCC1)NC(=O)OC(C)(C)C. The van der Waals surface area contributed by atoms with E-state index in [4.69, 9.17) is 4.74 Å². The molecule has 1 fully saturated rings. The van der Waals surface area contributed by atoms with Crippen molar-refractivity contribution in [3.63, 3.8) is 0 Å². The van der Waals surface area contributed by atoms with Crippen LogP contribution in [0.2, 0.25) is 0 Å². The Morgan fingerprint density at radius 3 is 2.22 bits per heavy atom. The number of hydrogen-bond donors (Lipinski definition) is 2. The number of nitrogens with one attached hydrogen (secondary N) is 1. The summed E-state index contributed by atoms with van der Waals surface area (Å²) < 4.78 is 5.28. The zero-order valence-corrected chi connectivity index (χ0v) is 15.2. The Hall–Kier alpha value is -1.10. The van der Waals surface area contributed by atoms with Crippen LogP contribution in [-0.4, -0.2) is 34.7 Å². The van der Waals surface area contributed by atoms with E-state index in [9.17, 15) is 14.7 Å². The lowest BCUT2D eigenvalue weighted by Gasteiger charge is -2.31. The van der Waals surface area contributed by atoms with E-state index < -0.39 is 23.8 Å². The molecule has 0 saturated heterocycles. The van der Waals surface area contributed by atoms with Gasteiger partial charge in [0.1, 0.15) is 11.7 Å². The van der Waals surface area contributed by atoms with Crippen molar-refractivity contribution in [3.05, 3.63) is 0 Å². The number of Topliss-reactive ketones (excluding diaryl/α,β-unsaturated/α-hetero) is 1. The topological polar surface area (TPSA) is 75.6 Å². The summed E-state index contributed by atoms with van der Waals surface area (Å²) in [5.74, 6) is -0.0561. The van der Waals surface area contributed by atoms with Crippen molar-refractivity contribution < 1.29 is 19.4 Å². The average molecular weight is 327 g/mol. The molecule has 0 unspecified atom stereocenters. The fraction of sp³-hybridized carbons (Fsp3) is 0.889. The normalized spacial score (nSPS) is 19.3. The first-order valence-corrected chi connectivity index (χ1v) is 8.81. The molecule has 0 heterocycles. The number of carbonyl (C=O) groups is 2. The van der Waals surface area contributed by atoms with Crippen molar-refractivity contribution in [1.29, 1.82) is 0 Å². The van der Waals surface area contributed by atoms with Gasteiger partial charge < -0.3 is 15.2 Å². The highest BCUT2D eigenvalue weighted by Gasteiger charge is 2.32. The lowest BCUT2D eigenvalue weighted by molar-refractivity contribution is -0.131. The van der Waals surface area contributed by atoms with Crippen LogP contribution < -0.4 is 5.32 Å². The number of aliphatic hydroxyl groups excluding tert-OH is 1. The Morgan fingerprint density at radius 1 is 1.17 bits per heavy atom. The number of ketones is 1. The smallest absolute Gasteiger partial charge is 0.407 e. The molecule has 1 aliphatic rings. The van der Waals surface area contributed by atoms with E-state index in [1.807, 2.05) is 0 Å². The zero-order chi connectivity index (χ0) is 17.6. The molecule has 0 spiro atoms. The third kappa shape index (κ3) is 7.34. The van der Waals surface area contributed by atoms with Gasteiger partial charge in [0.25, 0.3) is 0 Å². The van der Waals surface area contributed by atoms with Gasteiger partial charge in [-0.2, -0.15) is 0 Å². The molecule has 1 rings (SSSR count). The Morgan fingerprint density at radius 2 is 1.74 bits per heavy atom. The summed E-state index contributed by atoms with van der Waals surface area (Å²) in [5, 5.41) is 13.1. The van der Waals surface area contributed by atoms with Gasteiger partial charge in [-0.05, 0) is 33.1 Å². The molecule has 1 saturated carbocycles. The minimum atomic E-state index is -1.18. The summed E-state index contributed by atoms with van der Waals surface area (Å²) in [5.41, 5.74) is -0.605. The van der Waals surface area contributed by atoms with Crippen molar-refractivity contribution in [3.8, 4) is 0 Å². The van der Waals surface area contributed by atoms with E-state index >= 15 is 0 Å². The van der Waals surface area contributed by atoms with Gasteiger partial charge in [-0.25, -0.2) is 4.79 Å². The molecule has 0 bridgehead atoms. The minimum Gasteiger partial charge on any atom is -0.444 e. The molecule has 2 atom stereocenters. The monoisotopic (exact) mass is 327 g/mol. The third-order valence-corrected chi connectivity index (χ3v) is 4.26. The molecule has 5 heteroatoms. The van der Waals surface area contributed by atoms with Crippen LogP contribution in [-0.2, 0) is 9.53 Å². The van der Waals surface area contributed by atoms with Crippen molar-refractivity contribution in [2.45, 2.75) is 90.9 Å². The summed E-state index contributed by atoms with van der Waals surface area (Å²) in [6.07, 6.45) is 4.66. The molecular formula is C18H33NO4. The summed E-state index contributed by atoms with van der Waals surface area (Å²) in [4.78, 5) is 24.2. The standard InChI is InChI=1S/C18H33NO4/c1-12(2)15(20)16(21)14(11-13-9-7-6-8-10-13)19-17(22)23-18(3,4)5/h12-14,16,21H,6-11H2,1-5H3,(H,19,22)/t14-,16+/m0/s1. The third-order valence-electron chi connectivity index (χ3n) is 4.26. The Bertz CT molecular complexity index is 394. The molecule has 23 heavy (non-hydrogen) atoms. The molecule has 0 aromatic rings. The van der Waals surface area contributed by atoms with E-state index in [1.165, 1.54) is 19.3 Å². The van der Waals surface area contributed by atoms with Crippen molar-refractivity contribution in [2.24, 2.45) is 11.8 Å². The summed E-state index contributed by atoms with van der Waals surface area (Å²) in [6, 6.07) is -0.581. The fourth-order valence-electron chi connectivity index (χ4n) is 3.05. The summed E-state index contributed by atoms with van der Waals surface area (Å²) in [7, 11) is 0. The van der Waals surface area contributed by atoms with E-state index in [-0.39, 0.29) is 11.7 Å². The quantitative estimate of drug-likeness (QED) is 0.783. The second-order valence-electron chi connectivity index (χ2n) is 7.99. The zero-order valence-electron chi connectivity index (χ0n) is 15.2. The van der Waals surface area contributed by atoms with Crippen LogP contribution in [0.3, 0.4) is 0 Å². The Labute approximate surface area is 140 Å². The lowest BCUT2D eigenvalue weighted by atomic mass is 9.82. The van der Waals surface area contributed by atoms with E-state index in [1.54, 1.807) is 34.6 Å². The second-order valence-corrected chi connectivity index (χ2v) is 7.99. The van der Waals surface area contributed by atoms with Gasteiger partial charge in [-0.1, -0.05) is 46.0 Å². The van der Waals surface area contributed by atoms with E-state index in [0.29, 0.717) is 12.3 Å². The lowest BCUT2D eigenvalue weighted by Crippen LogP contribution is -2.50. The van der Waals surface area contributed by atoms with Crippen molar-refractivity contribution in [2.75, 3.05) is 0 Å². The molecule has 1 aliphatic carbocycles. The van der Waals surface area contributed by atoms with E-state index in [0.717, 1.165) is 12.8 Å². The Kier molecular flexibility index (Phi) is 7.52. The molecule has 134 valence electrons. The first-order chi connectivity index (χ1) is 10.6. The maximum atomic E-state index is 12.2. The average Bonchev–Trinajstić information content (AvgIpc) is 2.44. The molecule has 0 aromatic heterocycles. The molecule has 0 aliphatic heterocycles. The minimum absolute atomic E-state index is 0.234. The van der Waals surface area contributed by atoms with Crippen LogP contribution >= 0.6 is 0 Å². The van der Waals surface area contributed by atoms with Crippen LogP contribution in [0.5, 0.6) is 0 Å². The van der Waals surface area contributed by atoms with Crippen LogP contribution in [0.4, 0.5) is 4.79 Å². The van der Waals surface area contributed by atoms with Gasteiger partial charge in [-0.15, -0.1) is 0 Å². The predicted molar refractivity (Wildman–Crippen MR) is 90.2 cm³/mol. The molecule has 1 amide bonds. The van der Waals surface area contributed by atoms with Gasteiger partial charge >= 0.3 is 6.09 Å². The fourth-order valence-corrected chi connectivity index (χ4v) is 3.05.